The van der Waals surface area contributed by atoms with E-state index in [-0.39, 0.29) is 22.9 Å². The number of ether oxygens (including phenoxy) is 1. The van der Waals surface area contributed by atoms with E-state index in [1.165, 1.54) is 6.07 Å². The number of halogens is 3. The molecule has 0 amide bonds. The van der Waals surface area contributed by atoms with Gasteiger partial charge in [-0.25, -0.2) is 0 Å². The summed E-state index contributed by atoms with van der Waals surface area (Å²) in [6, 6.07) is 4.94. The summed E-state index contributed by atoms with van der Waals surface area (Å²) in [6.07, 6.45) is 3.11. The molecule has 2 rings (SSSR count). The first-order chi connectivity index (χ1) is 9.04. The highest BCUT2D eigenvalue weighted by molar-refractivity contribution is 6.32. The molecule has 106 valence electrons. The molecule has 0 aliphatic heterocycles. The van der Waals surface area contributed by atoms with E-state index in [9.17, 15) is 13.9 Å². The molecule has 6 heteroatoms. The topological polar surface area (TPSA) is 41.5 Å². The zero-order valence-electron chi connectivity index (χ0n) is 10.3. The van der Waals surface area contributed by atoms with Crippen LogP contribution in [0.3, 0.4) is 0 Å². The van der Waals surface area contributed by atoms with E-state index in [0.717, 1.165) is 31.4 Å². The number of benzene rings is 1. The third kappa shape index (κ3) is 4.21. The van der Waals surface area contributed by atoms with Crippen LogP contribution in [0.5, 0.6) is 5.75 Å². The van der Waals surface area contributed by atoms with Gasteiger partial charge in [0.15, 0.2) is 0 Å². The SMILES string of the molecule is OC1CCC(Nc2ccc(OC(F)F)c(Cl)c2)CC1. The van der Waals surface area contributed by atoms with Gasteiger partial charge in [0, 0.05) is 11.7 Å². The van der Waals surface area contributed by atoms with Crippen LogP contribution >= 0.6 is 11.6 Å². The number of anilines is 1. The summed E-state index contributed by atoms with van der Waals surface area (Å²) in [7, 11) is 0. The minimum atomic E-state index is -2.88. The molecule has 0 radical (unpaired) electrons. The molecule has 0 saturated heterocycles. The van der Waals surface area contributed by atoms with E-state index in [1.54, 1.807) is 12.1 Å². The highest BCUT2D eigenvalue weighted by Gasteiger charge is 2.19. The molecule has 0 heterocycles. The van der Waals surface area contributed by atoms with Crippen molar-refractivity contribution in [3.05, 3.63) is 23.2 Å². The Kier molecular flexibility index (Phi) is 4.82. The van der Waals surface area contributed by atoms with Crippen LogP contribution in [-0.2, 0) is 0 Å². The van der Waals surface area contributed by atoms with E-state index in [4.69, 9.17) is 11.6 Å². The van der Waals surface area contributed by atoms with Gasteiger partial charge in [0.25, 0.3) is 0 Å². The maximum absolute atomic E-state index is 12.1. The summed E-state index contributed by atoms with van der Waals surface area (Å²) >= 11 is 5.88. The molecule has 0 atom stereocenters. The molecule has 0 aromatic heterocycles. The summed E-state index contributed by atoms with van der Waals surface area (Å²) in [5.74, 6) is -0.0266. The summed E-state index contributed by atoms with van der Waals surface area (Å²) < 4.78 is 28.5. The predicted molar refractivity (Wildman–Crippen MR) is 70.0 cm³/mol. The molecule has 1 fully saturated rings. The Balaban J connectivity index is 1.96. The summed E-state index contributed by atoms with van der Waals surface area (Å²) in [4.78, 5) is 0. The molecule has 0 bridgehead atoms. The van der Waals surface area contributed by atoms with E-state index in [2.05, 4.69) is 10.1 Å². The van der Waals surface area contributed by atoms with Crippen molar-refractivity contribution >= 4 is 17.3 Å². The first-order valence-corrected chi connectivity index (χ1v) is 6.61. The molecule has 0 unspecified atom stereocenters. The molecule has 1 saturated carbocycles. The Labute approximate surface area is 115 Å². The van der Waals surface area contributed by atoms with Crippen LogP contribution in [0, 0.1) is 0 Å². The third-order valence-electron chi connectivity index (χ3n) is 3.22. The normalized spacial score (nSPS) is 23.4. The smallest absolute Gasteiger partial charge is 0.387 e. The van der Waals surface area contributed by atoms with Gasteiger partial charge in [-0.05, 0) is 43.9 Å². The quantitative estimate of drug-likeness (QED) is 0.889. The zero-order valence-corrected chi connectivity index (χ0v) is 11.0. The molecule has 1 aromatic carbocycles. The molecule has 0 spiro atoms. The molecule has 1 aromatic rings. The number of aliphatic hydroxyl groups excluding tert-OH is 1. The average Bonchev–Trinajstić information content (AvgIpc) is 2.35. The van der Waals surface area contributed by atoms with Crippen LogP contribution < -0.4 is 10.1 Å². The Bertz CT molecular complexity index is 423. The number of aliphatic hydroxyl groups is 1. The van der Waals surface area contributed by atoms with Gasteiger partial charge in [-0.1, -0.05) is 11.6 Å². The van der Waals surface area contributed by atoms with Gasteiger partial charge < -0.3 is 15.2 Å². The van der Waals surface area contributed by atoms with E-state index in [0.29, 0.717) is 0 Å². The Morgan fingerprint density at radius 3 is 2.53 bits per heavy atom. The molecule has 1 aliphatic carbocycles. The largest absolute Gasteiger partial charge is 0.433 e. The average molecular weight is 292 g/mol. The number of nitrogens with one attached hydrogen (secondary N) is 1. The predicted octanol–water partition coefficient (Wildman–Crippen LogP) is 3.66. The van der Waals surface area contributed by atoms with Crippen LogP contribution in [0.15, 0.2) is 18.2 Å². The fourth-order valence-corrected chi connectivity index (χ4v) is 2.46. The van der Waals surface area contributed by atoms with E-state index >= 15 is 0 Å². The number of hydrogen-bond acceptors (Lipinski definition) is 3. The fourth-order valence-electron chi connectivity index (χ4n) is 2.24. The summed E-state index contributed by atoms with van der Waals surface area (Å²) in [5, 5.41) is 12.9. The molecule has 19 heavy (non-hydrogen) atoms. The second-order valence-electron chi connectivity index (χ2n) is 4.67. The Morgan fingerprint density at radius 1 is 1.26 bits per heavy atom. The lowest BCUT2D eigenvalue weighted by Crippen LogP contribution is -2.28. The van der Waals surface area contributed by atoms with Crippen molar-refractivity contribution < 1.29 is 18.6 Å². The standard InChI is InChI=1S/C13H16ClF2NO2/c14-11-7-9(3-6-12(11)19-13(15)16)17-8-1-4-10(18)5-2-8/h3,6-8,10,13,17-18H,1-2,4-5H2. The lowest BCUT2D eigenvalue weighted by Gasteiger charge is -2.27. The first-order valence-electron chi connectivity index (χ1n) is 6.23. The number of alkyl halides is 2. The fraction of sp³-hybridized carbons (Fsp3) is 0.538. The van der Waals surface area contributed by atoms with Crippen molar-refractivity contribution in [1.29, 1.82) is 0 Å². The highest BCUT2D eigenvalue weighted by atomic mass is 35.5. The van der Waals surface area contributed by atoms with Crippen molar-refractivity contribution in [3.8, 4) is 5.75 Å². The first kappa shape index (κ1) is 14.3. The van der Waals surface area contributed by atoms with Gasteiger partial charge in [-0.3, -0.25) is 0 Å². The highest BCUT2D eigenvalue weighted by Crippen LogP contribution is 2.30. The molecule has 1 aliphatic rings. The van der Waals surface area contributed by atoms with Gasteiger partial charge in [0.05, 0.1) is 11.1 Å². The second kappa shape index (κ2) is 6.39. The van der Waals surface area contributed by atoms with Gasteiger partial charge in [0.1, 0.15) is 5.75 Å². The van der Waals surface area contributed by atoms with Gasteiger partial charge in [0.2, 0.25) is 0 Å². The monoisotopic (exact) mass is 291 g/mol. The summed E-state index contributed by atoms with van der Waals surface area (Å²) in [6.45, 7) is -2.88. The van der Waals surface area contributed by atoms with Gasteiger partial charge in [-0.2, -0.15) is 8.78 Å². The maximum atomic E-state index is 12.1. The molecule has 3 nitrogen and oxygen atoms in total. The van der Waals surface area contributed by atoms with Gasteiger partial charge in [-0.15, -0.1) is 0 Å². The second-order valence-corrected chi connectivity index (χ2v) is 5.08. The zero-order chi connectivity index (χ0) is 13.8. The lowest BCUT2D eigenvalue weighted by molar-refractivity contribution is -0.0497. The molecule has 2 N–H and O–H groups in total. The van der Waals surface area contributed by atoms with Crippen LogP contribution in [0.1, 0.15) is 25.7 Å². The Hall–Kier alpha value is -1.07. The van der Waals surface area contributed by atoms with Crippen LogP contribution in [0.25, 0.3) is 0 Å². The van der Waals surface area contributed by atoms with Crippen LogP contribution in [0.2, 0.25) is 5.02 Å². The van der Waals surface area contributed by atoms with Gasteiger partial charge >= 0.3 is 6.61 Å². The number of rotatable bonds is 4. The summed E-state index contributed by atoms with van der Waals surface area (Å²) in [5.41, 5.74) is 0.771. The van der Waals surface area contributed by atoms with Crippen molar-refractivity contribution in [2.45, 2.75) is 44.4 Å². The van der Waals surface area contributed by atoms with Crippen LogP contribution in [0.4, 0.5) is 14.5 Å². The van der Waals surface area contributed by atoms with Crippen molar-refractivity contribution in [3.63, 3.8) is 0 Å². The minimum Gasteiger partial charge on any atom is -0.433 e. The van der Waals surface area contributed by atoms with Crippen molar-refractivity contribution in [2.24, 2.45) is 0 Å². The Morgan fingerprint density at radius 2 is 1.95 bits per heavy atom. The molecular formula is C13H16ClF2NO2. The minimum absolute atomic E-state index is 0.0266. The molecular weight excluding hydrogens is 276 g/mol. The van der Waals surface area contributed by atoms with Crippen molar-refractivity contribution in [1.82, 2.24) is 0 Å². The van der Waals surface area contributed by atoms with E-state index < -0.39 is 6.61 Å². The van der Waals surface area contributed by atoms with Crippen molar-refractivity contribution in [2.75, 3.05) is 5.32 Å². The maximum Gasteiger partial charge on any atom is 0.387 e. The number of hydrogen-bond donors (Lipinski definition) is 2. The van der Waals surface area contributed by atoms with Crippen LogP contribution in [-0.4, -0.2) is 23.9 Å². The third-order valence-corrected chi connectivity index (χ3v) is 3.51. The lowest BCUT2D eigenvalue weighted by atomic mass is 9.93. The van der Waals surface area contributed by atoms with E-state index in [1.807, 2.05) is 0 Å².